The fraction of sp³-hybridized carbons (Fsp3) is 0.786. The van der Waals surface area contributed by atoms with E-state index in [0.717, 1.165) is 26.1 Å². The summed E-state index contributed by atoms with van der Waals surface area (Å²) in [5.41, 5.74) is 0. The Morgan fingerprint density at radius 2 is 2.10 bits per heavy atom. The average Bonchev–Trinajstić information content (AvgIpc) is 3.08. The van der Waals surface area contributed by atoms with E-state index in [9.17, 15) is 8.42 Å². The van der Waals surface area contributed by atoms with Crippen molar-refractivity contribution in [3.8, 4) is 0 Å². The molecule has 3 atom stereocenters. The quantitative estimate of drug-likeness (QED) is 0.762. The molecule has 2 fully saturated rings. The van der Waals surface area contributed by atoms with Crippen molar-refractivity contribution in [3.63, 3.8) is 0 Å². The van der Waals surface area contributed by atoms with E-state index in [2.05, 4.69) is 14.9 Å². The summed E-state index contributed by atoms with van der Waals surface area (Å²) in [7, 11) is 1.06. The Morgan fingerprint density at radius 1 is 1.29 bits per heavy atom. The molecule has 6 nitrogen and oxygen atoms in total. The molecule has 7 heteroatoms. The predicted molar refractivity (Wildman–Crippen MR) is 81.8 cm³/mol. The second kappa shape index (κ2) is 5.70. The van der Waals surface area contributed by atoms with Gasteiger partial charge in [-0.15, -0.1) is 0 Å². The van der Waals surface area contributed by atoms with Crippen LogP contribution in [0, 0.1) is 5.92 Å². The molecule has 0 aliphatic carbocycles. The van der Waals surface area contributed by atoms with Gasteiger partial charge in [-0.05, 0) is 33.1 Å². The lowest BCUT2D eigenvalue weighted by atomic mass is 10.00. The largest absolute Gasteiger partial charge is 0.305 e. The van der Waals surface area contributed by atoms with E-state index in [4.69, 9.17) is 0 Å². The first-order valence-corrected chi connectivity index (χ1v) is 9.27. The van der Waals surface area contributed by atoms with Gasteiger partial charge in [-0.2, -0.15) is 5.10 Å². The number of aromatic nitrogens is 2. The van der Waals surface area contributed by atoms with Crippen molar-refractivity contribution >= 4 is 9.84 Å². The minimum Gasteiger partial charge on any atom is -0.305 e. The first-order chi connectivity index (χ1) is 9.97. The molecule has 3 heterocycles. The summed E-state index contributed by atoms with van der Waals surface area (Å²) in [4.78, 5) is 4.39. The lowest BCUT2D eigenvalue weighted by Gasteiger charge is -2.25. The lowest BCUT2D eigenvalue weighted by molar-refractivity contribution is 0.230. The van der Waals surface area contributed by atoms with Crippen molar-refractivity contribution in [1.82, 2.24) is 19.6 Å². The van der Waals surface area contributed by atoms with E-state index >= 15 is 0 Å². The number of nitrogens with zero attached hydrogens (tertiary/aromatic N) is 4. The molecule has 21 heavy (non-hydrogen) atoms. The summed E-state index contributed by atoms with van der Waals surface area (Å²) in [6.45, 7) is 3.45. The van der Waals surface area contributed by atoms with Gasteiger partial charge in [0, 0.05) is 44.0 Å². The summed E-state index contributed by atoms with van der Waals surface area (Å²) < 4.78 is 26.5. The molecule has 1 aromatic rings. The molecule has 0 aromatic carbocycles. The minimum atomic E-state index is -2.92. The minimum absolute atomic E-state index is 0.158. The van der Waals surface area contributed by atoms with Crippen LogP contribution < -0.4 is 0 Å². The highest BCUT2D eigenvalue weighted by atomic mass is 32.2. The van der Waals surface area contributed by atoms with Gasteiger partial charge in [0.05, 0.1) is 11.0 Å². The maximum Gasteiger partial charge on any atom is 0.156 e. The highest BCUT2D eigenvalue weighted by Gasteiger charge is 2.52. The van der Waals surface area contributed by atoms with Gasteiger partial charge < -0.3 is 9.80 Å². The Labute approximate surface area is 126 Å². The Kier molecular flexibility index (Phi) is 4.07. The summed E-state index contributed by atoms with van der Waals surface area (Å²) in [5.74, 6) is 0.603. The standard InChI is InChI=1S/C14H24N4O2S/c1-16(2)13-11-21(19,20)14-10-17(9-12(13)14)6-4-8-18-7-3-5-15-18/h3,5,7,12-14H,4,6,8-11H2,1-2H3/t12-,13-,14-/m0/s1. The molecule has 2 aliphatic heterocycles. The van der Waals surface area contributed by atoms with E-state index in [1.807, 2.05) is 31.0 Å². The van der Waals surface area contributed by atoms with Gasteiger partial charge in [0.25, 0.3) is 0 Å². The van der Waals surface area contributed by atoms with Crippen LogP contribution in [0.2, 0.25) is 0 Å². The zero-order valence-electron chi connectivity index (χ0n) is 12.7. The van der Waals surface area contributed by atoms with Crippen LogP contribution in [0.5, 0.6) is 0 Å². The van der Waals surface area contributed by atoms with E-state index < -0.39 is 9.84 Å². The van der Waals surface area contributed by atoms with Crippen LogP contribution in [0.1, 0.15) is 6.42 Å². The van der Waals surface area contributed by atoms with E-state index in [0.29, 0.717) is 12.3 Å². The van der Waals surface area contributed by atoms with E-state index in [-0.39, 0.29) is 17.2 Å². The van der Waals surface area contributed by atoms with E-state index in [1.165, 1.54) is 0 Å². The third-order valence-electron chi connectivity index (χ3n) is 4.83. The Morgan fingerprint density at radius 3 is 2.76 bits per heavy atom. The fourth-order valence-corrected chi connectivity index (χ4v) is 6.22. The molecular weight excluding hydrogens is 288 g/mol. The molecule has 1 aromatic heterocycles. The van der Waals surface area contributed by atoms with Gasteiger partial charge in [0.1, 0.15) is 0 Å². The number of fused-ring (bicyclic) bond motifs is 1. The van der Waals surface area contributed by atoms with Gasteiger partial charge >= 0.3 is 0 Å². The van der Waals surface area contributed by atoms with Gasteiger partial charge in [-0.25, -0.2) is 8.42 Å². The van der Waals surface area contributed by atoms with Crippen molar-refractivity contribution in [2.45, 2.75) is 24.3 Å². The molecule has 0 spiro atoms. The van der Waals surface area contributed by atoms with Crippen molar-refractivity contribution in [1.29, 1.82) is 0 Å². The third-order valence-corrected chi connectivity index (χ3v) is 7.05. The summed E-state index contributed by atoms with van der Waals surface area (Å²) in [6, 6.07) is 2.10. The second-order valence-electron chi connectivity index (χ2n) is 6.45. The summed E-state index contributed by atoms with van der Waals surface area (Å²) in [5, 5.41) is 4.03. The number of hydrogen-bond donors (Lipinski definition) is 0. The highest BCUT2D eigenvalue weighted by Crippen LogP contribution is 2.35. The van der Waals surface area contributed by atoms with Crippen molar-refractivity contribution < 1.29 is 8.42 Å². The number of hydrogen-bond acceptors (Lipinski definition) is 5. The molecule has 0 bridgehead atoms. The van der Waals surface area contributed by atoms with Gasteiger partial charge in [0.15, 0.2) is 9.84 Å². The molecular formula is C14H24N4O2S. The molecule has 2 aliphatic rings. The molecule has 0 unspecified atom stereocenters. The zero-order valence-corrected chi connectivity index (χ0v) is 13.5. The summed E-state index contributed by atoms with van der Waals surface area (Å²) >= 11 is 0. The van der Waals surface area contributed by atoms with Crippen molar-refractivity contribution in [3.05, 3.63) is 18.5 Å². The topological polar surface area (TPSA) is 58.4 Å². The molecule has 2 saturated heterocycles. The van der Waals surface area contributed by atoms with Crippen LogP contribution in [0.15, 0.2) is 18.5 Å². The van der Waals surface area contributed by atoms with Crippen molar-refractivity contribution in [2.75, 3.05) is 39.5 Å². The van der Waals surface area contributed by atoms with Crippen LogP contribution in [0.4, 0.5) is 0 Å². The lowest BCUT2D eigenvalue weighted by Crippen LogP contribution is -2.37. The van der Waals surface area contributed by atoms with Crippen LogP contribution in [-0.4, -0.2) is 78.8 Å². The number of sulfone groups is 1. The SMILES string of the molecule is CN(C)[C@H]1CS(=O)(=O)[C@H]2CN(CCCn3cccn3)C[C@@H]12. The zero-order chi connectivity index (χ0) is 15.0. The Balaban J connectivity index is 1.57. The maximum atomic E-state index is 12.3. The molecule has 118 valence electrons. The smallest absolute Gasteiger partial charge is 0.156 e. The summed E-state index contributed by atoms with van der Waals surface area (Å²) in [6.07, 6.45) is 4.76. The molecule has 0 amide bonds. The Hall–Kier alpha value is -0.920. The van der Waals surface area contributed by atoms with Gasteiger partial charge in [-0.1, -0.05) is 0 Å². The third kappa shape index (κ3) is 3.00. The molecule has 0 N–H and O–H groups in total. The normalized spacial score (nSPS) is 31.9. The Bertz CT molecular complexity index is 570. The molecule has 0 saturated carbocycles. The maximum absolute atomic E-state index is 12.3. The number of aryl methyl sites for hydroxylation is 1. The fourth-order valence-electron chi connectivity index (χ4n) is 3.72. The van der Waals surface area contributed by atoms with Crippen molar-refractivity contribution in [2.24, 2.45) is 5.92 Å². The number of likely N-dealkylation sites (tertiary alicyclic amines) is 1. The van der Waals surface area contributed by atoms with E-state index in [1.54, 1.807) is 6.20 Å². The second-order valence-corrected chi connectivity index (χ2v) is 8.71. The first kappa shape index (κ1) is 15.0. The molecule has 3 rings (SSSR count). The number of rotatable bonds is 5. The highest BCUT2D eigenvalue weighted by molar-refractivity contribution is 7.92. The monoisotopic (exact) mass is 312 g/mol. The predicted octanol–water partition coefficient (Wildman–Crippen LogP) is -0.0678. The van der Waals surface area contributed by atoms with Crippen LogP contribution >= 0.6 is 0 Å². The van der Waals surface area contributed by atoms with Gasteiger partial charge in [-0.3, -0.25) is 4.68 Å². The first-order valence-electron chi connectivity index (χ1n) is 7.55. The average molecular weight is 312 g/mol. The van der Waals surface area contributed by atoms with Crippen LogP contribution in [0.25, 0.3) is 0 Å². The van der Waals surface area contributed by atoms with Crippen LogP contribution in [0.3, 0.4) is 0 Å². The van der Waals surface area contributed by atoms with Crippen LogP contribution in [-0.2, 0) is 16.4 Å². The molecule has 0 radical (unpaired) electrons. The van der Waals surface area contributed by atoms with Gasteiger partial charge in [0.2, 0.25) is 0 Å².